The summed E-state index contributed by atoms with van der Waals surface area (Å²) in [6.07, 6.45) is 4.42. The van der Waals surface area contributed by atoms with Crippen LogP contribution in [0.2, 0.25) is 0 Å². The molecule has 2 aliphatic rings. The minimum absolute atomic E-state index is 0.0813. The van der Waals surface area contributed by atoms with Crippen LogP contribution < -0.4 is 15.4 Å². The highest BCUT2D eigenvalue weighted by Crippen LogP contribution is 2.28. The summed E-state index contributed by atoms with van der Waals surface area (Å²) in [4.78, 5) is 24.8. The molecule has 1 N–H and O–H groups in total. The number of morpholine rings is 1. The molecule has 150 valence electrons. The van der Waals surface area contributed by atoms with Crippen LogP contribution in [0.25, 0.3) is 0 Å². The van der Waals surface area contributed by atoms with Gasteiger partial charge in [0.2, 0.25) is 5.95 Å². The third-order valence-corrected chi connectivity index (χ3v) is 5.85. The molecule has 0 unspecified atom stereocenters. The molecule has 6 nitrogen and oxygen atoms in total. The van der Waals surface area contributed by atoms with Crippen molar-refractivity contribution in [3.05, 3.63) is 52.3 Å². The quantitative estimate of drug-likeness (QED) is 0.881. The summed E-state index contributed by atoms with van der Waals surface area (Å²) in [6.45, 7) is 6.18. The standard InChI is InChI=1S/C22H30N4O2/c1-17-6-5-9-26(19(14-17)15-18-7-3-2-4-8-18)22-23-20(16-21(27)24-22)25-10-12-28-13-11-25/h2-4,7-8,16-17,19H,5-6,9-15H2,1H3,(H,23,24,27)/t17-,19+/m0/s1. The van der Waals surface area contributed by atoms with E-state index in [1.54, 1.807) is 6.07 Å². The Morgan fingerprint density at radius 1 is 1.18 bits per heavy atom. The lowest BCUT2D eigenvalue weighted by atomic mass is 9.94. The Kier molecular flexibility index (Phi) is 5.95. The molecule has 1 aromatic heterocycles. The first-order valence-electron chi connectivity index (χ1n) is 10.4. The molecular formula is C22H30N4O2. The maximum Gasteiger partial charge on any atom is 0.254 e. The average Bonchev–Trinajstić information content (AvgIpc) is 2.90. The van der Waals surface area contributed by atoms with Crippen molar-refractivity contribution >= 4 is 11.8 Å². The second kappa shape index (κ2) is 8.78. The van der Waals surface area contributed by atoms with E-state index in [4.69, 9.17) is 9.72 Å². The van der Waals surface area contributed by atoms with Crippen molar-refractivity contribution in [1.82, 2.24) is 9.97 Å². The summed E-state index contributed by atoms with van der Waals surface area (Å²) >= 11 is 0. The maximum absolute atomic E-state index is 12.4. The van der Waals surface area contributed by atoms with Gasteiger partial charge in [0.15, 0.2) is 0 Å². The Hall–Kier alpha value is -2.34. The number of aromatic amines is 1. The summed E-state index contributed by atoms with van der Waals surface area (Å²) in [5.41, 5.74) is 1.25. The Balaban J connectivity index is 1.63. The highest BCUT2D eigenvalue weighted by molar-refractivity contribution is 5.45. The first kappa shape index (κ1) is 19.0. The van der Waals surface area contributed by atoms with Gasteiger partial charge in [-0.1, -0.05) is 37.3 Å². The number of nitrogens with zero attached hydrogens (tertiary/aromatic N) is 3. The van der Waals surface area contributed by atoms with Crippen LogP contribution in [0, 0.1) is 5.92 Å². The molecule has 0 aliphatic carbocycles. The van der Waals surface area contributed by atoms with E-state index in [2.05, 4.69) is 52.0 Å². The van der Waals surface area contributed by atoms with Crippen LogP contribution in [0.5, 0.6) is 0 Å². The molecule has 3 heterocycles. The van der Waals surface area contributed by atoms with Gasteiger partial charge in [0.25, 0.3) is 5.56 Å². The van der Waals surface area contributed by atoms with Crippen LogP contribution in [0.4, 0.5) is 11.8 Å². The van der Waals surface area contributed by atoms with E-state index in [9.17, 15) is 4.79 Å². The molecule has 2 aromatic rings. The third kappa shape index (κ3) is 4.55. The molecule has 2 fully saturated rings. The number of H-pyrrole nitrogens is 1. The Morgan fingerprint density at radius 3 is 2.75 bits per heavy atom. The van der Waals surface area contributed by atoms with Crippen molar-refractivity contribution in [2.75, 3.05) is 42.6 Å². The highest BCUT2D eigenvalue weighted by atomic mass is 16.5. The van der Waals surface area contributed by atoms with E-state index in [0.717, 1.165) is 44.7 Å². The van der Waals surface area contributed by atoms with E-state index in [1.165, 1.54) is 12.0 Å². The molecule has 4 rings (SSSR count). The molecular weight excluding hydrogens is 352 g/mol. The van der Waals surface area contributed by atoms with Gasteiger partial charge >= 0.3 is 0 Å². The summed E-state index contributed by atoms with van der Waals surface area (Å²) in [5.74, 6) is 2.15. The van der Waals surface area contributed by atoms with Crippen LogP contribution in [-0.4, -0.2) is 48.9 Å². The molecule has 2 atom stereocenters. The number of anilines is 2. The molecule has 0 radical (unpaired) electrons. The SMILES string of the molecule is C[C@H]1CCCN(c2nc(N3CCOCC3)cc(=O)[nH]2)[C@@H](Cc2ccccc2)C1. The van der Waals surface area contributed by atoms with Crippen molar-refractivity contribution in [1.29, 1.82) is 0 Å². The molecule has 2 aliphatic heterocycles. The fourth-order valence-electron chi connectivity index (χ4n) is 4.38. The predicted octanol–water partition coefficient (Wildman–Crippen LogP) is 2.84. The van der Waals surface area contributed by atoms with Crippen molar-refractivity contribution in [3.63, 3.8) is 0 Å². The fraction of sp³-hybridized carbons (Fsp3) is 0.545. The van der Waals surface area contributed by atoms with Crippen LogP contribution >= 0.6 is 0 Å². The minimum Gasteiger partial charge on any atom is -0.378 e. The number of ether oxygens (including phenoxy) is 1. The Bertz CT molecular complexity index is 817. The number of rotatable bonds is 4. The van der Waals surface area contributed by atoms with Crippen LogP contribution in [0.1, 0.15) is 31.7 Å². The van der Waals surface area contributed by atoms with Gasteiger partial charge in [-0.2, -0.15) is 4.98 Å². The first-order valence-corrected chi connectivity index (χ1v) is 10.4. The molecule has 0 amide bonds. The molecule has 6 heteroatoms. The lowest BCUT2D eigenvalue weighted by Gasteiger charge is -2.33. The largest absolute Gasteiger partial charge is 0.378 e. The van der Waals surface area contributed by atoms with Gasteiger partial charge in [0, 0.05) is 31.7 Å². The highest BCUT2D eigenvalue weighted by Gasteiger charge is 2.27. The van der Waals surface area contributed by atoms with Gasteiger partial charge in [0.1, 0.15) is 5.82 Å². The number of hydrogen-bond acceptors (Lipinski definition) is 5. The number of aromatic nitrogens is 2. The minimum atomic E-state index is -0.0813. The zero-order valence-corrected chi connectivity index (χ0v) is 16.6. The first-order chi connectivity index (χ1) is 13.7. The van der Waals surface area contributed by atoms with Gasteiger partial charge < -0.3 is 14.5 Å². The molecule has 0 saturated carbocycles. The van der Waals surface area contributed by atoms with Crippen LogP contribution in [-0.2, 0) is 11.2 Å². The smallest absolute Gasteiger partial charge is 0.254 e. The number of nitrogens with one attached hydrogen (secondary N) is 1. The van der Waals surface area contributed by atoms with Gasteiger partial charge in [0.05, 0.1) is 13.2 Å². The van der Waals surface area contributed by atoms with Gasteiger partial charge in [-0.05, 0) is 37.2 Å². The van der Waals surface area contributed by atoms with Crippen molar-refractivity contribution in [2.45, 2.75) is 38.6 Å². The lowest BCUT2D eigenvalue weighted by Crippen LogP contribution is -2.41. The van der Waals surface area contributed by atoms with Gasteiger partial charge in [-0.15, -0.1) is 0 Å². The van der Waals surface area contributed by atoms with Crippen molar-refractivity contribution in [2.24, 2.45) is 5.92 Å². The van der Waals surface area contributed by atoms with Gasteiger partial charge in [-0.25, -0.2) is 0 Å². The normalized spacial score (nSPS) is 23.5. The summed E-state index contributed by atoms with van der Waals surface area (Å²) in [5, 5.41) is 0. The third-order valence-electron chi connectivity index (χ3n) is 5.85. The molecule has 2 saturated heterocycles. The van der Waals surface area contributed by atoms with Gasteiger partial charge in [-0.3, -0.25) is 9.78 Å². The number of hydrogen-bond donors (Lipinski definition) is 1. The van der Waals surface area contributed by atoms with Crippen LogP contribution in [0.15, 0.2) is 41.2 Å². The molecule has 28 heavy (non-hydrogen) atoms. The Labute approximate surface area is 166 Å². The van der Waals surface area contributed by atoms with E-state index in [-0.39, 0.29) is 5.56 Å². The van der Waals surface area contributed by atoms with Crippen molar-refractivity contribution < 1.29 is 4.74 Å². The molecule has 0 bridgehead atoms. The summed E-state index contributed by atoms with van der Waals surface area (Å²) in [7, 11) is 0. The monoisotopic (exact) mass is 382 g/mol. The predicted molar refractivity (Wildman–Crippen MR) is 112 cm³/mol. The van der Waals surface area contributed by atoms with E-state index >= 15 is 0 Å². The number of benzene rings is 1. The summed E-state index contributed by atoms with van der Waals surface area (Å²) < 4.78 is 5.44. The topological polar surface area (TPSA) is 61.5 Å². The zero-order valence-electron chi connectivity index (χ0n) is 16.6. The lowest BCUT2D eigenvalue weighted by molar-refractivity contribution is 0.122. The van der Waals surface area contributed by atoms with E-state index in [1.807, 2.05) is 0 Å². The molecule has 0 spiro atoms. The summed E-state index contributed by atoms with van der Waals surface area (Å²) in [6, 6.07) is 12.6. The average molecular weight is 383 g/mol. The second-order valence-electron chi connectivity index (χ2n) is 8.05. The van der Waals surface area contributed by atoms with Crippen LogP contribution in [0.3, 0.4) is 0 Å². The van der Waals surface area contributed by atoms with E-state index in [0.29, 0.717) is 31.1 Å². The maximum atomic E-state index is 12.4. The second-order valence-corrected chi connectivity index (χ2v) is 8.05. The van der Waals surface area contributed by atoms with Crippen molar-refractivity contribution in [3.8, 4) is 0 Å². The fourth-order valence-corrected chi connectivity index (χ4v) is 4.38. The van der Waals surface area contributed by atoms with E-state index < -0.39 is 0 Å². The Morgan fingerprint density at radius 2 is 1.96 bits per heavy atom. The zero-order chi connectivity index (χ0) is 19.3. The molecule has 1 aromatic carbocycles.